The van der Waals surface area contributed by atoms with Crippen LogP contribution in [0.5, 0.6) is 0 Å². The lowest BCUT2D eigenvalue weighted by Crippen LogP contribution is -2.51. The van der Waals surface area contributed by atoms with Gasteiger partial charge in [-0.1, -0.05) is 6.92 Å². The number of amides is 1. The van der Waals surface area contributed by atoms with Crippen LogP contribution in [0.3, 0.4) is 0 Å². The van der Waals surface area contributed by atoms with E-state index in [1.54, 1.807) is 0 Å². The zero-order chi connectivity index (χ0) is 12.5. The average molecular weight is 251 g/mol. The van der Waals surface area contributed by atoms with E-state index in [-0.39, 0.29) is 11.9 Å². The van der Waals surface area contributed by atoms with Crippen molar-refractivity contribution in [2.24, 2.45) is 5.92 Å². The van der Waals surface area contributed by atoms with Crippen molar-refractivity contribution in [3.63, 3.8) is 0 Å². The summed E-state index contributed by atoms with van der Waals surface area (Å²) < 4.78 is 0. The van der Waals surface area contributed by atoms with Crippen LogP contribution < -0.4 is 10.6 Å². The van der Waals surface area contributed by atoms with Crippen LogP contribution in [0, 0.1) is 5.92 Å². The molecule has 3 aliphatic rings. The average Bonchev–Trinajstić information content (AvgIpc) is 3.11. The van der Waals surface area contributed by atoms with E-state index >= 15 is 0 Å². The van der Waals surface area contributed by atoms with Crippen molar-refractivity contribution in [3.8, 4) is 0 Å². The minimum Gasteiger partial charge on any atom is -0.351 e. The van der Waals surface area contributed by atoms with Crippen molar-refractivity contribution < 1.29 is 4.79 Å². The molecule has 3 unspecified atom stereocenters. The Kier molecular flexibility index (Phi) is 3.57. The first-order valence-corrected chi connectivity index (χ1v) is 7.50. The van der Waals surface area contributed by atoms with Gasteiger partial charge in [-0.05, 0) is 44.6 Å². The Labute approximate surface area is 109 Å². The Morgan fingerprint density at radius 1 is 1.28 bits per heavy atom. The maximum atomic E-state index is 12.2. The summed E-state index contributed by atoms with van der Waals surface area (Å²) >= 11 is 0. The van der Waals surface area contributed by atoms with Crippen molar-refractivity contribution in [3.05, 3.63) is 0 Å². The second-order valence-electron chi connectivity index (χ2n) is 6.36. The Morgan fingerprint density at radius 2 is 2.11 bits per heavy atom. The lowest BCUT2D eigenvalue weighted by molar-refractivity contribution is -0.124. The van der Waals surface area contributed by atoms with Gasteiger partial charge in [-0.2, -0.15) is 0 Å². The summed E-state index contributed by atoms with van der Waals surface area (Å²) in [6.45, 7) is 5.46. The van der Waals surface area contributed by atoms with Gasteiger partial charge >= 0.3 is 0 Å². The van der Waals surface area contributed by atoms with E-state index in [0.717, 1.165) is 32.0 Å². The fraction of sp³-hybridized carbons (Fsp3) is 0.929. The van der Waals surface area contributed by atoms with E-state index in [2.05, 4.69) is 22.5 Å². The molecule has 3 rings (SSSR count). The van der Waals surface area contributed by atoms with E-state index in [9.17, 15) is 4.79 Å². The van der Waals surface area contributed by atoms with E-state index in [1.165, 1.54) is 25.8 Å². The number of carbonyl (C=O) groups excluding carboxylic acids is 1. The predicted molar refractivity (Wildman–Crippen MR) is 71.3 cm³/mol. The standard InChI is InChI=1S/C14H25N3O/c1-10-4-6-15-13(8-10)14(18)16-11-5-7-17(9-11)12-2-3-12/h10-13,15H,2-9H2,1H3,(H,16,18). The molecule has 0 aromatic heterocycles. The molecule has 3 atom stereocenters. The zero-order valence-corrected chi connectivity index (χ0v) is 11.3. The molecule has 3 fully saturated rings. The second-order valence-corrected chi connectivity index (χ2v) is 6.36. The molecule has 2 saturated heterocycles. The number of carbonyl (C=O) groups is 1. The van der Waals surface area contributed by atoms with Crippen LogP contribution >= 0.6 is 0 Å². The van der Waals surface area contributed by atoms with E-state index < -0.39 is 0 Å². The smallest absolute Gasteiger partial charge is 0.237 e. The molecular formula is C14H25N3O. The minimum atomic E-state index is 0.0451. The molecule has 4 nitrogen and oxygen atoms in total. The molecule has 2 N–H and O–H groups in total. The number of nitrogens with zero attached hydrogens (tertiary/aromatic N) is 1. The Balaban J connectivity index is 1.45. The fourth-order valence-electron chi connectivity index (χ4n) is 3.29. The molecule has 0 spiro atoms. The van der Waals surface area contributed by atoms with Gasteiger partial charge in [-0.15, -0.1) is 0 Å². The molecule has 1 aliphatic carbocycles. The van der Waals surface area contributed by atoms with Gasteiger partial charge in [-0.25, -0.2) is 0 Å². The topological polar surface area (TPSA) is 44.4 Å². The fourth-order valence-corrected chi connectivity index (χ4v) is 3.29. The molecule has 1 saturated carbocycles. The van der Waals surface area contributed by atoms with Gasteiger partial charge in [0.2, 0.25) is 5.91 Å². The molecule has 0 aromatic rings. The molecule has 0 radical (unpaired) electrons. The second kappa shape index (κ2) is 5.17. The van der Waals surface area contributed by atoms with Gasteiger partial charge in [-0.3, -0.25) is 9.69 Å². The van der Waals surface area contributed by atoms with Crippen molar-refractivity contribution in [1.82, 2.24) is 15.5 Å². The molecule has 2 aliphatic heterocycles. The highest BCUT2D eigenvalue weighted by molar-refractivity contribution is 5.82. The van der Waals surface area contributed by atoms with Crippen molar-refractivity contribution >= 4 is 5.91 Å². The van der Waals surface area contributed by atoms with Crippen LogP contribution in [-0.4, -0.2) is 48.6 Å². The Hall–Kier alpha value is -0.610. The predicted octanol–water partition coefficient (Wildman–Crippen LogP) is 0.727. The summed E-state index contributed by atoms with van der Waals surface area (Å²) in [4.78, 5) is 14.7. The Bertz CT molecular complexity index is 316. The zero-order valence-electron chi connectivity index (χ0n) is 11.3. The third-order valence-corrected chi connectivity index (χ3v) is 4.61. The lowest BCUT2D eigenvalue weighted by atomic mass is 9.94. The van der Waals surface area contributed by atoms with Gasteiger partial charge in [0.15, 0.2) is 0 Å². The number of likely N-dealkylation sites (tertiary alicyclic amines) is 1. The molecule has 4 heteroatoms. The summed E-state index contributed by atoms with van der Waals surface area (Å²) in [7, 11) is 0. The maximum Gasteiger partial charge on any atom is 0.237 e. The van der Waals surface area contributed by atoms with Crippen LogP contribution in [-0.2, 0) is 4.79 Å². The maximum absolute atomic E-state index is 12.2. The molecule has 102 valence electrons. The highest BCUT2D eigenvalue weighted by Crippen LogP contribution is 2.29. The molecule has 2 heterocycles. The summed E-state index contributed by atoms with van der Waals surface area (Å²) in [6, 6.07) is 1.26. The highest BCUT2D eigenvalue weighted by atomic mass is 16.2. The van der Waals surface area contributed by atoms with Gasteiger partial charge in [0.1, 0.15) is 0 Å². The van der Waals surface area contributed by atoms with Crippen LogP contribution in [0.25, 0.3) is 0 Å². The summed E-state index contributed by atoms with van der Waals surface area (Å²) in [6.07, 6.45) is 6.04. The van der Waals surface area contributed by atoms with Crippen LogP contribution in [0.15, 0.2) is 0 Å². The molecule has 0 bridgehead atoms. The van der Waals surface area contributed by atoms with Crippen molar-refractivity contribution in [2.75, 3.05) is 19.6 Å². The lowest BCUT2D eigenvalue weighted by Gasteiger charge is -2.28. The molecule has 1 amide bonds. The number of hydrogen-bond donors (Lipinski definition) is 2. The SMILES string of the molecule is CC1CCNC(C(=O)NC2CCN(C3CC3)C2)C1. The molecule has 18 heavy (non-hydrogen) atoms. The normalized spacial score (nSPS) is 37.7. The number of piperidine rings is 1. The third kappa shape index (κ3) is 2.86. The first kappa shape index (κ1) is 12.4. The number of rotatable bonds is 3. The van der Waals surface area contributed by atoms with Gasteiger partial charge < -0.3 is 10.6 Å². The monoisotopic (exact) mass is 251 g/mol. The van der Waals surface area contributed by atoms with E-state index in [4.69, 9.17) is 0 Å². The Morgan fingerprint density at radius 3 is 2.83 bits per heavy atom. The van der Waals surface area contributed by atoms with E-state index in [1.807, 2.05) is 0 Å². The van der Waals surface area contributed by atoms with Crippen molar-refractivity contribution in [1.29, 1.82) is 0 Å². The first-order chi connectivity index (χ1) is 8.72. The van der Waals surface area contributed by atoms with Crippen LogP contribution in [0.4, 0.5) is 0 Å². The summed E-state index contributed by atoms with van der Waals surface area (Å²) in [5, 5.41) is 6.58. The highest BCUT2D eigenvalue weighted by Gasteiger charge is 2.35. The number of hydrogen-bond acceptors (Lipinski definition) is 3. The summed E-state index contributed by atoms with van der Waals surface area (Å²) in [5.74, 6) is 0.901. The van der Waals surface area contributed by atoms with Gasteiger partial charge in [0.05, 0.1) is 6.04 Å². The quantitative estimate of drug-likeness (QED) is 0.777. The van der Waals surface area contributed by atoms with Crippen molar-refractivity contribution in [2.45, 2.75) is 57.2 Å². The summed E-state index contributed by atoms with van der Waals surface area (Å²) in [5.41, 5.74) is 0. The number of nitrogens with one attached hydrogen (secondary N) is 2. The third-order valence-electron chi connectivity index (χ3n) is 4.61. The van der Waals surface area contributed by atoms with Crippen LogP contribution in [0.2, 0.25) is 0 Å². The molecule has 0 aromatic carbocycles. The van der Waals surface area contributed by atoms with Crippen LogP contribution in [0.1, 0.15) is 39.0 Å². The first-order valence-electron chi connectivity index (χ1n) is 7.50. The molecular weight excluding hydrogens is 226 g/mol. The minimum absolute atomic E-state index is 0.0451. The van der Waals surface area contributed by atoms with Gasteiger partial charge in [0, 0.05) is 25.2 Å². The van der Waals surface area contributed by atoms with E-state index in [0.29, 0.717) is 12.0 Å². The largest absolute Gasteiger partial charge is 0.351 e. The van der Waals surface area contributed by atoms with Gasteiger partial charge in [0.25, 0.3) is 0 Å².